The zero-order valence-electron chi connectivity index (χ0n) is 14.4. The van der Waals surface area contributed by atoms with E-state index in [0.717, 1.165) is 0 Å². The Hall–Kier alpha value is -2.53. The summed E-state index contributed by atoms with van der Waals surface area (Å²) in [4.78, 5) is 19.1. The molecule has 0 unspecified atom stereocenters. The lowest BCUT2D eigenvalue weighted by atomic mass is 10.1. The lowest BCUT2D eigenvalue weighted by Crippen LogP contribution is -2.15. The van der Waals surface area contributed by atoms with Crippen LogP contribution in [0.3, 0.4) is 0 Å². The van der Waals surface area contributed by atoms with Gasteiger partial charge in [-0.3, -0.25) is 4.79 Å². The van der Waals surface area contributed by atoms with E-state index in [0.29, 0.717) is 15.7 Å². The molecule has 0 aliphatic heterocycles. The van der Waals surface area contributed by atoms with Crippen LogP contribution in [-0.4, -0.2) is 16.2 Å². The van der Waals surface area contributed by atoms with E-state index in [9.17, 15) is 14.4 Å². The van der Waals surface area contributed by atoms with Crippen LogP contribution in [0.25, 0.3) is 11.3 Å². The second kappa shape index (κ2) is 8.65. The van der Waals surface area contributed by atoms with Crippen LogP contribution in [0.15, 0.2) is 46.3 Å². The van der Waals surface area contributed by atoms with E-state index < -0.39 is 11.4 Å². The lowest BCUT2D eigenvalue weighted by Gasteiger charge is -2.14. The van der Waals surface area contributed by atoms with Crippen molar-refractivity contribution in [1.82, 2.24) is 9.97 Å². The Morgan fingerprint density at radius 1 is 1.32 bits per heavy atom. The molecule has 142 valence electrons. The van der Waals surface area contributed by atoms with Gasteiger partial charge in [-0.1, -0.05) is 41.0 Å². The number of nitrogens with zero attached hydrogens (tertiary/aromatic N) is 2. The summed E-state index contributed by atoms with van der Waals surface area (Å²) in [5, 5.41) is 10.3. The van der Waals surface area contributed by atoms with Crippen LogP contribution in [0.4, 0.5) is 4.39 Å². The second-order valence-corrected chi connectivity index (χ2v) is 7.18. The van der Waals surface area contributed by atoms with E-state index in [1.165, 1.54) is 30.0 Å². The first-order valence-electron chi connectivity index (χ1n) is 7.88. The van der Waals surface area contributed by atoms with Gasteiger partial charge >= 0.3 is 0 Å². The minimum Gasteiger partial charge on any atom is -0.488 e. The van der Waals surface area contributed by atoms with Gasteiger partial charge in [0.25, 0.3) is 5.56 Å². The Morgan fingerprint density at radius 3 is 2.79 bits per heavy atom. The lowest BCUT2D eigenvalue weighted by molar-refractivity contribution is 0.301. The first-order valence-corrected chi connectivity index (χ1v) is 9.86. The Kier molecular flexibility index (Phi) is 6.25. The molecule has 2 aromatic carbocycles. The number of hydrogen-bond acceptors (Lipinski definition) is 5. The summed E-state index contributed by atoms with van der Waals surface area (Å²) >= 11 is 13.4. The molecule has 5 nitrogen and oxygen atoms in total. The van der Waals surface area contributed by atoms with Crippen molar-refractivity contribution >= 4 is 35.0 Å². The molecule has 28 heavy (non-hydrogen) atoms. The Balaban J connectivity index is 2.09. The number of thioether (sulfide) groups is 1. The van der Waals surface area contributed by atoms with Crippen molar-refractivity contribution in [2.75, 3.05) is 6.26 Å². The maximum absolute atomic E-state index is 14.0. The quantitative estimate of drug-likeness (QED) is 0.447. The number of ether oxygens (including phenoxy) is 1. The molecule has 3 aromatic rings. The summed E-state index contributed by atoms with van der Waals surface area (Å²) in [7, 11) is 0. The highest BCUT2D eigenvalue weighted by Crippen LogP contribution is 2.34. The average Bonchev–Trinajstić information content (AvgIpc) is 2.67. The minimum atomic E-state index is -0.570. The molecule has 1 aromatic heterocycles. The van der Waals surface area contributed by atoms with E-state index in [1.54, 1.807) is 24.5 Å². The smallest absolute Gasteiger partial charge is 0.270 e. The molecule has 3 rings (SSSR count). The van der Waals surface area contributed by atoms with E-state index >= 15 is 0 Å². The highest BCUT2D eigenvalue weighted by molar-refractivity contribution is 7.98. The average molecular weight is 436 g/mol. The van der Waals surface area contributed by atoms with Gasteiger partial charge in [-0.15, -0.1) is 0 Å². The van der Waals surface area contributed by atoms with Crippen molar-refractivity contribution in [2.45, 2.75) is 11.8 Å². The van der Waals surface area contributed by atoms with Crippen molar-refractivity contribution in [1.29, 1.82) is 5.26 Å². The summed E-state index contributed by atoms with van der Waals surface area (Å²) in [5.74, 6) is -0.218. The molecular formula is C19H12Cl2FN3O2S. The van der Waals surface area contributed by atoms with Gasteiger partial charge in [0.05, 0.1) is 5.02 Å². The fourth-order valence-electron chi connectivity index (χ4n) is 2.48. The maximum atomic E-state index is 14.0. The molecule has 0 amide bonds. The third-order valence-corrected chi connectivity index (χ3v) is 5.00. The number of hydrogen-bond donors (Lipinski definition) is 1. The van der Waals surface area contributed by atoms with Gasteiger partial charge in [0.2, 0.25) is 0 Å². The van der Waals surface area contributed by atoms with E-state index in [4.69, 9.17) is 27.9 Å². The molecule has 0 fully saturated rings. The molecule has 0 saturated carbocycles. The second-order valence-electron chi connectivity index (χ2n) is 5.54. The molecule has 0 bridgehead atoms. The van der Waals surface area contributed by atoms with Crippen molar-refractivity contribution in [3.8, 4) is 23.1 Å². The van der Waals surface area contributed by atoms with Crippen LogP contribution >= 0.6 is 35.0 Å². The molecule has 0 aliphatic carbocycles. The van der Waals surface area contributed by atoms with Gasteiger partial charge in [-0.05, 0) is 36.6 Å². The Morgan fingerprint density at radius 2 is 2.11 bits per heavy atom. The number of rotatable bonds is 5. The Labute approximate surface area is 174 Å². The Bertz CT molecular complexity index is 1120. The summed E-state index contributed by atoms with van der Waals surface area (Å²) < 4.78 is 19.8. The highest BCUT2D eigenvalue weighted by atomic mass is 35.5. The van der Waals surface area contributed by atoms with Crippen molar-refractivity contribution in [2.24, 2.45) is 0 Å². The fraction of sp³-hybridized carbons (Fsp3) is 0.105. The molecule has 0 spiro atoms. The number of H-pyrrole nitrogens is 1. The summed E-state index contributed by atoms with van der Waals surface area (Å²) in [6.45, 7) is -0.152. The number of nitrogens with one attached hydrogen (secondary N) is 1. The number of aromatic amines is 1. The molecular weight excluding hydrogens is 424 g/mol. The first kappa shape index (κ1) is 20.2. The van der Waals surface area contributed by atoms with Crippen LogP contribution < -0.4 is 10.3 Å². The van der Waals surface area contributed by atoms with E-state index in [1.807, 2.05) is 6.07 Å². The number of aromatic nitrogens is 2. The van der Waals surface area contributed by atoms with Crippen molar-refractivity contribution in [3.63, 3.8) is 0 Å². The van der Waals surface area contributed by atoms with Gasteiger partial charge in [0.1, 0.15) is 35.5 Å². The summed E-state index contributed by atoms with van der Waals surface area (Å²) in [6.07, 6.45) is 1.74. The van der Waals surface area contributed by atoms with Crippen LogP contribution in [0, 0.1) is 17.1 Å². The van der Waals surface area contributed by atoms with Crippen LogP contribution in [-0.2, 0) is 6.61 Å². The normalized spacial score (nSPS) is 10.5. The van der Waals surface area contributed by atoms with Crippen LogP contribution in [0.5, 0.6) is 5.75 Å². The van der Waals surface area contributed by atoms with Crippen molar-refractivity contribution in [3.05, 3.63) is 73.7 Å². The standard InChI is InChI=1S/C19H12Cl2FN3O2S/c1-28-19-24-17(12(8-23)18(26)25-19)11-7-10(20)5-6-16(11)27-9-13-14(21)3-2-4-15(13)22/h2-7H,9H2,1H3,(H,24,25,26). The maximum Gasteiger partial charge on any atom is 0.270 e. The predicted molar refractivity (Wildman–Crippen MR) is 108 cm³/mol. The number of halogens is 3. The third-order valence-electron chi connectivity index (χ3n) is 3.83. The third kappa shape index (κ3) is 4.14. The molecule has 1 N–H and O–H groups in total. The van der Waals surface area contributed by atoms with Crippen LogP contribution in [0.1, 0.15) is 11.1 Å². The van der Waals surface area contributed by atoms with Gasteiger partial charge in [-0.25, -0.2) is 9.37 Å². The SMILES string of the molecule is CSc1nc(-c2cc(Cl)ccc2OCc2c(F)cccc2Cl)c(C#N)c(=O)[nH]1. The first-order chi connectivity index (χ1) is 13.4. The topological polar surface area (TPSA) is 78.8 Å². The largest absolute Gasteiger partial charge is 0.488 e. The molecule has 0 saturated heterocycles. The molecule has 9 heteroatoms. The van der Waals surface area contributed by atoms with E-state index in [-0.39, 0.29) is 34.2 Å². The van der Waals surface area contributed by atoms with Gasteiger partial charge in [-0.2, -0.15) is 5.26 Å². The highest BCUT2D eigenvalue weighted by Gasteiger charge is 2.18. The predicted octanol–water partition coefficient (Wildman–Crippen LogP) is 5.06. The van der Waals surface area contributed by atoms with Crippen LogP contribution in [0.2, 0.25) is 10.0 Å². The van der Waals surface area contributed by atoms with Gasteiger partial charge < -0.3 is 9.72 Å². The summed E-state index contributed by atoms with van der Waals surface area (Å²) in [6, 6.07) is 10.9. The van der Waals surface area contributed by atoms with Crippen molar-refractivity contribution < 1.29 is 9.13 Å². The monoisotopic (exact) mass is 435 g/mol. The minimum absolute atomic E-state index is 0.132. The van der Waals surface area contributed by atoms with Gasteiger partial charge in [0.15, 0.2) is 5.16 Å². The zero-order chi connectivity index (χ0) is 20.3. The number of benzene rings is 2. The summed E-state index contributed by atoms with van der Waals surface area (Å²) in [5.41, 5.74) is -0.0753. The molecule has 1 heterocycles. The van der Waals surface area contributed by atoms with Gasteiger partial charge in [0, 0.05) is 16.1 Å². The molecule has 0 aliphatic rings. The fourth-order valence-corrected chi connectivity index (χ4v) is 3.25. The molecule has 0 radical (unpaired) electrons. The molecule has 0 atom stereocenters. The zero-order valence-corrected chi connectivity index (χ0v) is 16.8. The van der Waals surface area contributed by atoms with E-state index in [2.05, 4.69) is 9.97 Å². The number of nitriles is 1.